The number of benzene rings is 1. The van der Waals surface area contributed by atoms with Crippen LogP contribution in [0.5, 0.6) is 5.75 Å². The standard InChI is InChI=1S/C25H26ClF2NO4S/c1-23(27,28)33-15-4-13(5-15)22-29-21(9-34-22)25-10-24(11-25,12-25)8-18(31)20-7-17(30)16-6-14(26)2-3-19(16)32-20/h2-3,6,9,13,15,17,20,30H,4-5,7-8,10-12H2,1H3/t13?,15?,17-,20-,24?,25?/m1/s1. The van der Waals surface area contributed by atoms with E-state index < -0.39 is 24.4 Å². The Morgan fingerprint density at radius 3 is 2.76 bits per heavy atom. The van der Waals surface area contributed by atoms with Crippen molar-refractivity contribution in [2.45, 2.75) is 87.6 Å². The van der Waals surface area contributed by atoms with Crippen molar-refractivity contribution in [3.63, 3.8) is 0 Å². The number of hydrogen-bond donors (Lipinski definition) is 1. The van der Waals surface area contributed by atoms with Gasteiger partial charge in [0, 0.05) is 47.1 Å². The molecule has 1 aromatic carbocycles. The van der Waals surface area contributed by atoms with Crippen LogP contribution in [0.25, 0.3) is 0 Å². The van der Waals surface area contributed by atoms with Gasteiger partial charge in [0.05, 0.1) is 22.9 Å². The minimum absolute atomic E-state index is 0.0115. The average molecular weight is 510 g/mol. The number of aromatic nitrogens is 1. The molecule has 2 aromatic rings. The van der Waals surface area contributed by atoms with Crippen molar-refractivity contribution in [1.82, 2.24) is 4.98 Å². The fraction of sp³-hybridized carbons (Fsp3) is 0.600. The fourth-order valence-corrected chi connectivity index (χ4v) is 7.68. The topological polar surface area (TPSA) is 68.7 Å². The number of halogens is 3. The number of thiazole rings is 1. The van der Waals surface area contributed by atoms with E-state index in [0.717, 1.165) is 36.9 Å². The van der Waals surface area contributed by atoms with Crippen LogP contribution in [0.1, 0.15) is 80.2 Å². The van der Waals surface area contributed by atoms with Crippen molar-refractivity contribution in [1.29, 1.82) is 0 Å². The molecule has 9 heteroatoms. The molecule has 2 atom stereocenters. The molecule has 5 aliphatic rings. The molecular formula is C25H26ClF2NO4S. The lowest BCUT2D eigenvalue weighted by Gasteiger charge is -2.70. The number of carbonyl (C=O) groups is 1. The number of ketones is 1. The Balaban J connectivity index is 1.03. The summed E-state index contributed by atoms with van der Waals surface area (Å²) in [6.45, 7) is 0.780. The molecule has 2 bridgehead atoms. The van der Waals surface area contributed by atoms with Crippen LogP contribution in [0.15, 0.2) is 23.6 Å². The molecule has 0 spiro atoms. The number of aliphatic hydroxyl groups excluding tert-OH is 1. The zero-order chi connectivity index (χ0) is 23.9. The number of carbonyl (C=O) groups excluding carboxylic acids is 1. The van der Waals surface area contributed by atoms with E-state index >= 15 is 0 Å². The van der Waals surface area contributed by atoms with E-state index in [0.29, 0.717) is 35.6 Å². The second kappa shape index (κ2) is 7.69. The molecule has 4 fully saturated rings. The zero-order valence-electron chi connectivity index (χ0n) is 18.7. The third-order valence-electron chi connectivity index (χ3n) is 7.97. The molecule has 5 nitrogen and oxygen atoms in total. The minimum Gasteiger partial charge on any atom is -0.482 e. The molecule has 0 saturated heterocycles. The number of Topliss-reactive ketones (excluding diaryl/α,β-unsaturated/α-hetero) is 1. The molecule has 0 radical (unpaired) electrons. The zero-order valence-corrected chi connectivity index (χ0v) is 20.3. The van der Waals surface area contributed by atoms with Crippen LogP contribution in [0.3, 0.4) is 0 Å². The van der Waals surface area contributed by atoms with Gasteiger partial charge < -0.3 is 14.6 Å². The van der Waals surface area contributed by atoms with Crippen molar-refractivity contribution in [2.24, 2.45) is 5.41 Å². The van der Waals surface area contributed by atoms with Gasteiger partial charge in [0.15, 0.2) is 11.9 Å². The number of nitrogens with zero attached hydrogens (tertiary/aromatic N) is 1. The predicted molar refractivity (Wildman–Crippen MR) is 123 cm³/mol. The Kier molecular flexibility index (Phi) is 5.16. The van der Waals surface area contributed by atoms with Gasteiger partial charge in [-0.15, -0.1) is 11.3 Å². The number of rotatable bonds is 7. The summed E-state index contributed by atoms with van der Waals surface area (Å²) < 4.78 is 36.7. The Bertz CT molecular complexity index is 1120. The number of alkyl halides is 2. The molecule has 1 N–H and O–H groups in total. The highest BCUT2D eigenvalue weighted by molar-refractivity contribution is 7.09. The average Bonchev–Trinajstić information content (AvgIpc) is 3.14. The molecule has 0 amide bonds. The highest BCUT2D eigenvalue weighted by atomic mass is 35.5. The van der Waals surface area contributed by atoms with Gasteiger partial charge in [-0.05, 0) is 55.7 Å². The quantitative estimate of drug-likeness (QED) is 0.500. The summed E-state index contributed by atoms with van der Waals surface area (Å²) in [7, 11) is 0. The Labute approximate surface area is 205 Å². The number of ether oxygens (including phenoxy) is 2. The van der Waals surface area contributed by atoms with Gasteiger partial charge >= 0.3 is 6.11 Å². The maximum atomic E-state index is 13.0. The van der Waals surface area contributed by atoms with Gasteiger partial charge in [-0.25, -0.2) is 4.98 Å². The fourth-order valence-electron chi connectivity index (χ4n) is 6.43. The van der Waals surface area contributed by atoms with E-state index in [1.165, 1.54) is 0 Å². The summed E-state index contributed by atoms with van der Waals surface area (Å²) in [6, 6.07) is 5.09. The molecule has 7 rings (SSSR count). The lowest BCUT2D eigenvalue weighted by Crippen LogP contribution is -2.65. The Hall–Kier alpha value is -1.61. The summed E-state index contributed by atoms with van der Waals surface area (Å²) in [5.41, 5.74) is 1.79. The van der Waals surface area contributed by atoms with E-state index in [1.54, 1.807) is 29.5 Å². The van der Waals surface area contributed by atoms with Crippen molar-refractivity contribution in [2.75, 3.05) is 0 Å². The van der Waals surface area contributed by atoms with E-state index in [1.807, 2.05) is 0 Å². The third kappa shape index (κ3) is 3.87. The van der Waals surface area contributed by atoms with Crippen LogP contribution in [-0.2, 0) is 14.9 Å². The van der Waals surface area contributed by atoms with Gasteiger partial charge in [0.25, 0.3) is 0 Å². The smallest absolute Gasteiger partial charge is 0.353 e. The molecule has 2 heterocycles. The molecule has 4 saturated carbocycles. The first kappa shape index (κ1) is 22.8. The van der Waals surface area contributed by atoms with E-state index in [4.69, 9.17) is 26.1 Å². The van der Waals surface area contributed by atoms with Gasteiger partial charge in [-0.2, -0.15) is 8.78 Å². The van der Waals surface area contributed by atoms with Gasteiger partial charge in [0.1, 0.15) is 5.75 Å². The van der Waals surface area contributed by atoms with Crippen LogP contribution >= 0.6 is 22.9 Å². The first-order valence-corrected chi connectivity index (χ1v) is 13.0. The van der Waals surface area contributed by atoms with Crippen molar-refractivity contribution < 1.29 is 28.2 Å². The predicted octanol–water partition coefficient (Wildman–Crippen LogP) is 5.94. The van der Waals surface area contributed by atoms with Gasteiger partial charge in [-0.1, -0.05) is 11.6 Å². The molecule has 0 unspecified atom stereocenters. The lowest BCUT2D eigenvalue weighted by molar-refractivity contribution is -0.264. The summed E-state index contributed by atoms with van der Waals surface area (Å²) in [5, 5.41) is 14.1. The molecule has 1 aromatic heterocycles. The number of aliphatic hydroxyl groups is 1. The van der Waals surface area contributed by atoms with E-state index in [2.05, 4.69) is 5.38 Å². The molecule has 34 heavy (non-hydrogen) atoms. The Morgan fingerprint density at radius 2 is 2.06 bits per heavy atom. The van der Waals surface area contributed by atoms with Crippen LogP contribution in [-0.4, -0.2) is 34.2 Å². The summed E-state index contributed by atoms with van der Waals surface area (Å²) >= 11 is 7.62. The van der Waals surface area contributed by atoms with Crippen molar-refractivity contribution >= 4 is 28.7 Å². The van der Waals surface area contributed by atoms with Gasteiger partial charge in [0.2, 0.25) is 0 Å². The minimum atomic E-state index is -3.08. The maximum Gasteiger partial charge on any atom is 0.353 e. The first-order chi connectivity index (χ1) is 16.0. The first-order valence-electron chi connectivity index (χ1n) is 11.7. The summed E-state index contributed by atoms with van der Waals surface area (Å²) in [6.07, 6.45) is -0.177. The van der Waals surface area contributed by atoms with Crippen LogP contribution in [0.4, 0.5) is 8.78 Å². The molecule has 182 valence electrons. The summed E-state index contributed by atoms with van der Waals surface area (Å²) in [5.74, 6) is 0.763. The highest BCUT2D eigenvalue weighted by Crippen LogP contribution is 2.75. The maximum absolute atomic E-state index is 13.0. The largest absolute Gasteiger partial charge is 0.482 e. The SMILES string of the molecule is CC(F)(F)OC1CC(c2nc(C34CC(CC(=O)[C@H]5C[C@@H](O)c6cc(Cl)ccc6O5)(C3)C4)cs2)C1. The van der Waals surface area contributed by atoms with Gasteiger partial charge in [-0.3, -0.25) is 4.79 Å². The van der Waals surface area contributed by atoms with Crippen molar-refractivity contribution in [3.8, 4) is 5.75 Å². The van der Waals surface area contributed by atoms with Crippen molar-refractivity contribution in [3.05, 3.63) is 44.9 Å². The van der Waals surface area contributed by atoms with E-state index in [9.17, 15) is 18.7 Å². The second-order valence-corrected chi connectivity index (χ2v) is 12.1. The number of fused-ring (bicyclic) bond motifs is 1. The normalized spacial score (nSPS) is 35.9. The van der Waals surface area contributed by atoms with Crippen LogP contribution in [0.2, 0.25) is 5.02 Å². The lowest BCUT2D eigenvalue weighted by atomic mass is 9.33. The Morgan fingerprint density at radius 1 is 1.32 bits per heavy atom. The summed E-state index contributed by atoms with van der Waals surface area (Å²) in [4.78, 5) is 17.9. The van der Waals surface area contributed by atoms with Crippen LogP contribution in [0, 0.1) is 5.41 Å². The third-order valence-corrected chi connectivity index (χ3v) is 9.21. The highest BCUT2D eigenvalue weighted by Gasteiger charge is 2.69. The monoisotopic (exact) mass is 509 g/mol. The molecule has 4 aliphatic carbocycles. The van der Waals surface area contributed by atoms with Crippen LogP contribution < -0.4 is 4.74 Å². The number of hydrogen-bond acceptors (Lipinski definition) is 6. The second-order valence-electron chi connectivity index (χ2n) is 10.8. The molecular weight excluding hydrogens is 484 g/mol. The molecule has 1 aliphatic heterocycles. The van der Waals surface area contributed by atoms with E-state index in [-0.39, 0.29) is 29.0 Å².